The standard InChI is InChI=1S/C28H31N3O8/c1-5-39-28(34)30-21(18-10-7-6-8-11-18)14-15-22-25(27(33)38-4)24(23(17(2)29-22)26(32)37-3)19-12-9-13-20(16-19)31(35)36/h6-13,16,21,24,29H,5,14-15H2,1-4H3,(H,30,34). The summed E-state index contributed by atoms with van der Waals surface area (Å²) >= 11 is 0. The van der Waals surface area contributed by atoms with Crippen LogP contribution in [0.2, 0.25) is 0 Å². The SMILES string of the molecule is CCOC(=O)NC(CCC1=C(C(=O)OC)C(c2cccc([N+](=O)[O-])c2)C(C(=O)OC)=C(C)N1)c1ccccc1. The second kappa shape index (κ2) is 13.2. The molecule has 1 heterocycles. The molecule has 1 aliphatic rings. The Morgan fingerprint density at radius 1 is 1.03 bits per heavy atom. The number of benzene rings is 2. The molecule has 2 aromatic rings. The Bertz CT molecular complexity index is 1300. The quantitative estimate of drug-likeness (QED) is 0.195. The molecule has 206 valence electrons. The van der Waals surface area contributed by atoms with Crippen molar-refractivity contribution in [3.05, 3.63) is 98.4 Å². The number of nitrogens with zero attached hydrogens (tertiary/aromatic N) is 1. The molecule has 11 heteroatoms. The minimum Gasteiger partial charge on any atom is -0.466 e. The Labute approximate surface area is 226 Å². The first-order chi connectivity index (χ1) is 18.7. The molecule has 0 radical (unpaired) electrons. The first kappa shape index (κ1) is 28.9. The molecule has 3 rings (SSSR count). The summed E-state index contributed by atoms with van der Waals surface area (Å²) in [6.07, 6.45) is 0.0329. The maximum absolute atomic E-state index is 13.2. The van der Waals surface area contributed by atoms with E-state index >= 15 is 0 Å². The van der Waals surface area contributed by atoms with E-state index in [-0.39, 0.29) is 29.9 Å². The van der Waals surface area contributed by atoms with Gasteiger partial charge >= 0.3 is 18.0 Å². The normalized spacial score (nSPS) is 15.6. The van der Waals surface area contributed by atoms with Crippen molar-refractivity contribution in [1.29, 1.82) is 0 Å². The number of carbonyl (C=O) groups is 3. The van der Waals surface area contributed by atoms with Crippen LogP contribution in [0.3, 0.4) is 0 Å². The highest BCUT2D eigenvalue weighted by Gasteiger charge is 2.39. The predicted molar refractivity (Wildman–Crippen MR) is 141 cm³/mol. The highest BCUT2D eigenvalue weighted by molar-refractivity contribution is 6.00. The summed E-state index contributed by atoms with van der Waals surface area (Å²) < 4.78 is 15.2. The van der Waals surface area contributed by atoms with Gasteiger partial charge in [-0.3, -0.25) is 10.1 Å². The van der Waals surface area contributed by atoms with Gasteiger partial charge in [0.15, 0.2) is 0 Å². The number of esters is 2. The van der Waals surface area contributed by atoms with Crippen molar-refractivity contribution < 1.29 is 33.5 Å². The molecule has 0 aromatic heterocycles. The predicted octanol–water partition coefficient (Wildman–Crippen LogP) is 4.42. The second-order valence-corrected chi connectivity index (χ2v) is 8.69. The minimum absolute atomic E-state index is 0.118. The first-order valence-corrected chi connectivity index (χ1v) is 12.3. The van der Waals surface area contributed by atoms with Crippen molar-refractivity contribution in [3.63, 3.8) is 0 Å². The molecule has 11 nitrogen and oxygen atoms in total. The Kier molecular flexibility index (Phi) is 9.80. The van der Waals surface area contributed by atoms with Gasteiger partial charge < -0.3 is 24.8 Å². The summed E-state index contributed by atoms with van der Waals surface area (Å²) in [6.45, 7) is 3.58. The third-order valence-corrected chi connectivity index (χ3v) is 6.32. The maximum atomic E-state index is 13.2. The molecule has 2 aromatic carbocycles. The van der Waals surface area contributed by atoms with E-state index in [1.54, 1.807) is 19.9 Å². The number of hydrogen-bond acceptors (Lipinski definition) is 9. The fourth-order valence-corrected chi connectivity index (χ4v) is 4.59. The molecule has 39 heavy (non-hydrogen) atoms. The van der Waals surface area contributed by atoms with Crippen molar-refractivity contribution >= 4 is 23.7 Å². The number of allylic oxidation sites excluding steroid dienone is 2. The van der Waals surface area contributed by atoms with Gasteiger partial charge in [0.25, 0.3) is 5.69 Å². The summed E-state index contributed by atoms with van der Waals surface area (Å²) in [5.41, 5.74) is 2.12. The van der Waals surface area contributed by atoms with Crippen LogP contribution in [-0.2, 0) is 23.8 Å². The van der Waals surface area contributed by atoms with Gasteiger partial charge in [0.1, 0.15) is 0 Å². The molecule has 0 bridgehead atoms. The van der Waals surface area contributed by atoms with Crippen molar-refractivity contribution in [2.45, 2.75) is 38.6 Å². The highest BCUT2D eigenvalue weighted by Crippen LogP contribution is 2.41. The third kappa shape index (κ3) is 6.81. The number of hydrogen-bond donors (Lipinski definition) is 2. The van der Waals surface area contributed by atoms with Crippen molar-refractivity contribution in [2.75, 3.05) is 20.8 Å². The Morgan fingerprint density at radius 2 is 1.69 bits per heavy atom. The number of dihydropyridines is 1. The lowest BCUT2D eigenvalue weighted by Gasteiger charge is -2.32. The van der Waals surface area contributed by atoms with Crippen LogP contribution in [0.5, 0.6) is 0 Å². The molecule has 2 unspecified atom stereocenters. The third-order valence-electron chi connectivity index (χ3n) is 6.32. The highest BCUT2D eigenvalue weighted by atomic mass is 16.6. The fraction of sp³-hybridized carbons (Fsp3) is 0.321. The summed E-state index contributed by atoms with van der Waals surface area (Å²) in [7, 11) is 2.44. The first-order valence-electron chi connectivity index (χ1n) is 12.3. The number of nitro benzene ring substituents is 1. The average molecular weight is 538 g/mol. The molecule has 0 aliphatic carbocycles. The van der Waals surface area contributed by atoms with Gasteiger partial charge in [0.2, 0.25) is 0 Å². The minimum atomic E-state index is -0.991. The average Bonchev–Trinajstić information content (AvgIpc) is 2.94. The van der Waals surface area contributed by atoms with Gasteiger partial charge in [0, 0.05) is 23.5 Å². The summed E-state index contributed by atoms with van der Waals surface area (Å²) in [5, 5.41) is 17.5. The fourth-order valence-electron chi connectivity index (χ4n) is 4.59. The second-order valence-electron chi connectivity index (χ2n) is 8.69. The van der Waals surface area contributed by atoms with Crippen LogP contribution in [0.15, 0.2) is 77.1 Å². The van der Waals surface area contributed by atoms with Gasteiger partial charge in [-0.05, 0) is 37.8 Å². The van der Waals surface area contributed by atoms with E-state index in [0.29, 0.717) is 23.4 Å². The van der Waals surface area contributed by atoms with Gasteiger partial charge in [-0.2, -0.15) is 0 Å². The number of ether oxygens (including phenoxy) is 3. The number of nitrogens with one attached hydrogen (secondary N) is 2. The van der Waals surface area contributed by atoms with Crippen LogP contribution >= 0.6 is 0 Å². The number of alkyl carbamates (subject to hydrolysis) is 1. The Hall–Kier alpha value is -4.67. The smallest absolute Gasteiger partial charge is 0.407 e. The lowest BCUT2D eigenvalue weighted by molar-refractivity contribution is -0.384. The molecule has 0 saturated carbocycles. The van der Waals surface area contributed by atoms with E-state index in [1.165, 1.54) is 32.4 Å². The molecule has 0 fully saturated rings. The van der Waals surface area contributed by atoms with E-state index in [1.807, 2.05) is 30.3 Å². The van der Waals surface area contributed by atoms with Gasteiger partial charge in [-0.1, -0.05) is 42.5 Å². The summed E-state index contributed by atoms with van der Waals surface area (Å²) in [4.78, 5) is 49.3. The number of amides is 1. The molecular weight excluding hydrogens is 506 g/mol. The monoisotopic (exact) mass is 537 g/mol. The van der Waals surface area contributed by atoms with Crippen LogP contribution in [0, 0.1) is 10.1 Å². The number of non-ortho nitro benzene ring substituents is 1. The van der Waals surface area contributed by atoms with E-state index in [2.05, 4.69) is 10.6 Å². The number of carbonyl (C=O) groups excluding carboxylic acids is 3. The Balaban J connectivity index is 2.10. The molecule has 1 amide bonds. The zero-order valence-electron chi connectivity index (χ0n) is 22.2. The van der Waals surface area contributed by atoms with E-state index in [0.717, 1.165) is 5.56 Å². The van der Waals surface area contributed by atoms with E-state index in [9.17, 15) is 24.5 Å². The molecule has 0 spiro atoms. The van der Waals surface area contributed by atoms with Gasteiger partial charge in [0.05, 0.1) is 48.9 Å². The van der Waals surface area contributed by atoms with Gasteiger partial charge in [-0.25, -0.2) is 14.4 Å². The van der Waals surface area contributed by atoms with Crippen molar-refractivity contribution in [1.82, 2.24) is 10.6 Å². The van der Waals surface area contributed by atoms with Crippen LogP contribution in [0.25, 0.3) is 0 Å². The van der Waals surface area contributed by atoms with Gasteiger partial charge in [-0.15, -0.1) is 0 Å². The maximum Gasteiger partial charge on any atom is 0.407 e. The molecular formula is C28H31N3O8. The zero-order chi connectivity index (χ0) is 28.5. The lowest BCUT2D eigenvalue weighted by atomic mass is 9.79. The number of methoxy groups -OCH3 is 2. The summed E-state index contributed by atoms with van der Waals surface area (Å²) in [5.74, 6) is -2.39. The molecule has 1 aliphatic heterocycles. The topological polar surface area (TPSA) is 146 Å². The van der Waals surface area contributed by atoms with E-state index < -0.39 is 34.9 Å². The summed E-state index contributed by atoms with van der Waals surface area (Å²) in [6, 6.07) is 14.6. The number of rotatable bonds is 10. The number of nitro groups is 1. The van der Waals surface area contributed by atoms with Crippen LogP contribution in [-0.4, -0.2) is 43.8 Å². The van der Waals surface area contributed by atoms with Crippen LogP contribution in [0.4, 0.5) is 10.5 Å². The Morgan fingerprint density at radius 3 is 2.31 bits per heavy atom. The van der Waals surface area contributed by atoms with Crippen LogP contribution in [0.1, 0.15) is 49.8 Å². The van der Waals surface area contributed by atoms with Crippen LogP contribution < -0.4 is 10.6 Å². The molecule has 2 atom stereocenters. The van der Waals surface area contributed by atoms with E-state index in [4.69, 9.17) is 14.2 Å². The largest absolute Gasteiger partial charge is 0.466 e. The lowest BCUT2D eigenvalue weighted by Crippen LogP contribution is -2.34. The zero-order valence-corrected chi connectivity index (χ0v) is 22.2. The van der Waals surface area contributed by atoms with Crippen molar-refractivity contribution in [3.8, 4) is 0 Å². The molecule has 2 N–H and O–H groups in total. The molecule has 0 saturated heterocycles. The van der Waals surface area contributed by atoms with Crippen molar-refractivity contribution in [2.24, 2.45) is 0 Å².